The lowest BCUT2D eigenvalue weighted by molar-refractivity contribution is -0.154. The smallest absolute Gasteiger partial charge is 0.307 e. The molecule has 0 radical (unpaired) electrons. The maximum absolute atomic E-state index is 13.7. The summed E-state index contributed by atoms with van der Waals surface area (Å²) in [5.41, 5.74) is 2.18. The van der Waals surface area contributed by atoms with Gasteiger partial charge in [0.2, 0.25) is 5.78 Å². The molecule has 4 saturated carbocycles. The largest absolute Gasteiger partial charge is 0.449 e. The number of benzene rings is 2. The predicted molar refractivity (Wildman–Crippen MR) is 131 cm³/mol. The molecule has 0 saturated heterocycles. The van der Waals surface area contributed by atoms with Crippen LogP contribution in [0.15, 0.2) is 60.8 Å². The summed E-state index contributed by atoms with van der Waals surface area (Å²) in [6.07, 6.45) is 8.20. The van der Waals surface area contributed by atoms with Gasteiger partial charge in [-0.1, -0.05) is 64.5 Å². The van der Waals surface area contributed by atoms with Crippen molar-refractivity contribution in [2.75, 3.05) is 0 Å². The molecule has 3 aromatic rings. The van der Waals surface area contributed by atoms with Gasteiger partial charge in [-0.3, -0.25) is 9.59 Å². The summed E-state index contributed by atoms with van der Waals surface area (Å²) < 4.78 is 6.22. The number of para-hydroxylation sites is 1. The molecule has 4 nitrogen and oxygen atoms in total. The van der Waals surface area contributed by atoms with E-state index in [4.69, 9.17) is 4.74 Å². The summed E-state index contributed by atoms with van der Waals surface area (Å²) in [7, 11) is 0. The Labute approximate surface area is 202 Å². The van der Waals surface area contributed by atoms with Crippen LogP contribution in [0.2, 0.25) is 0 Å². The number of carbonyl (C=O) groups excluding carboxylic acids is 2. The van der Waals surface area contributed by atoms with E-state index in [-0.39, 0.29) is 21.5 Å². The van der Waals surface area contributed by atoms with Gasteiger partial charge in [0.05, 0.1) is 6.42 Å². The van der Waals surface area contributed by atoms with E-state index in [9.17, 15) is 9.59 Å². The standard InChI is InChI=1S/C28H28BrNO3/c29-28-13-18-10-19(14-28)12-27(11-18,17-28)15-24(31)33-26(20-6-2-1-3-7-20)25(32)22-16-30-23-9-5-4-8-21(22)23/h1-9,16,18-19,26,30H,10-15,17H2. The maximum atomic E-state index is 13.7. The molecule has 4 bridgehead atoms. The topological polar surface area (TPSA) is 59.2 Å². The first-order chi connectivity index (χ1) is 15.9. The van der Waals surface area contributed by atoms with E-state index in [1.165, 1.54) is 19.3 Å². The van der Waals surface area contributed by atoms with E-state index in [1.54, 1.807) is 6.20 Å². The van der Waals surface area contributed by atoms with Crippen molar-refractivity contribution in [2.24, 2.45) is 17.3 Å². The van der Waals surface area contributed by atoms with Crippen molar-refractivity contribution in [3.63, 3.8) is 0 Å². The molecule has 33 heavy (non-hydrogen) atoms. The number of ether oxygens (including phenoxy) is 1. The number of hydrogen-bond acceptors (Lipinski definition) is 3. The van der Waals surface area contributed by atoms with Gasteiger partial charge in [-0.25, -0.2) is 0 Å². The van der Waals surface area contributed by atoms with Gasteiger partial charge in [0.1, 0.15) is 0 Å². The van der Waals surface area contributed by atoms with Crippen molar-refractivity contribution in [1.29, 1.82) is 0 Å². The first-order valence-corrected chi connectivity index (χ1v) is 12.8. The summed E-state index contributed by atoms with van der Waals surface area (Å²) in [5, 5.41) is 0.849. The van der Waals surface area contributed by atoms with E-state index in [2.05, 4.69) is 20.9 Å². The van der Waals surface area contributed by atoms with E-state index in [0.29, 0.717) is 29.4 Å². The number of aromatic amines is 1. The molecule has 1 aromatic heterocycles. The van der Waals surface area contributed by atoms with Crippen molar-refractivity contribution >= 4 is 38.6 Å². The highest BCUT2D eigenvalue weighted by molar-refractivity contribution is 9.10. The van der Waals surface area contributed by atoms with Crippen LogP contribution in [0, 0.1) is 17.3 Å². The monoisotopic (exact) mass is 505 g/mol. The zero-order valence-electron chi connectivity index (χ0n) is 18.6. The maximum Gasteiger partial charge on any atom is 0.307 e. The summed E-state index contributed by atoms with van der Waals surface area (Å²) in [6, 6.07) is 17.1. The number of alkyl halides is 1. The lowest BCUT2D eigenvalue weighted by Gasteiger charge is -2.60. The Hall–Kier alpha value is -2.40. The summed E-state index contributed by atoms with van der Waals surface area (Å²) in [6.45, 7) is 0. The zero-order chi connectivity index (χ0) is 22.6. The van der Waals surface area contributed by atoms with Crippen molar-refractivity contribution in [3.05, 3.63) is 71.9 Å². The highest BCUT2D eigenvalue weighted by Gasteiger charge is 2.57. The fourth-order valence-corrected chi connectivity index (χ4v) is 8.85. The minimum absolute atomic E-state index is 0.00966. The number of nitrogens with one attached hydrogen (secondary N) is 1. The Balaban J connectivity index is 1.27. The second kappa shape index (κ2) is 7.83. The predicted octanol–water partition coefficient (Wildman–Crippen LogP) is 6.76. The molecule has 4 aliphatic rings. The quantitative estimate of drug-likeness (QED) is 0.228. The minimum atomic E-state index is -0.940. The highest BCUT2D eigenvalue weighted by atomic mass is 79.9. The Morgan fingerprint density at radius 2 is 1.70 bits per heavy atom. The number of esters is 1. The van der Waals surface area contributed by atoms with Crippen LogP contribution in [-0.2, 0) is 9.53 Å². The second-order valence-electron chi connectivity index (χ2n) is 10.7. The van der Waals surface area contributed by atoms with E-state index in [1.807, 2.05) is 54.6 Å². The third-order valence-electron chi connectivity index (χ3n) is 8.07. The van der Waals surface area contributed by atoms with Crippen LogP contribution in [0.1, 0.15) is 67.0 Å². The van der Waals surface area contributed by atoms with Gasteiger partial charge in [-0.05, 0) is 61.8 Å². The highest BCUT2D eigenvalue weighted by Crippen LogP contribution is 2.65. The molecular formula is C28H28BrNO3. The number of fused-ring (bicyclic) bond motifs is 1. The van der Waals surface area contributed by atoms with Gasteiger partial charge in [0.25, 0.3) is 0 Å². The van der Waals surface area contributed by atoms with Crippen molar-refractivity contribution in [3.8, 4) is 0 Å². The van der Waals surface area contributed by atoms with Crippen LogP contribution >= 0.6 is 15.9 Å². The van der Waals surface area contributed by atoms with Gasteiger partial charge < -0.3 is 9.72 Å². The van der Waals surface area contributed by atoms with Crippen LogP contribution in [0.25, 0.3) is 10.9 Å². The zero-order valence-corrected chi connectivity index (χ0v) is 20.1. The van der Waals surface area contributed by atoms with Crippen LogP contribution in [0.3, 0.4) is 0 Å². The Kier molecular flexibility index (Phi) is 5.02. The van der Waals surface area contributed by atoms with Gasteiger partial charge in [0.15, 0.2) is 6.10 Å². The lowest BCUT2D eigenvalue weighted by Crippen LogP contribution is -2.53. The van der Waals surface area contributed by atoms with Crippen molar-refractivity contribution in [1.82, 2.24) is 4.98 Å². The number of hydrogen-bond donors (Lipinski definition) is 1. The van der Waals surface area contributed by atoms with Gasteiger partial charge in [-0.2, -0.15) is 0 Å². The number of Topliss-reactive ketones (excluding diaryl/α,β-unsaturated/α-hetero) is 1. The summed E-state index contributed by atoms with van der Waals surface area (Å²) in [5.74, 6) is 0.969. The number of aromatic nitrogens is 1. The van der Waals surface area contributed by atoms with Gasteiger partial charge in [0, 0.05) is 32.6 Å². The van der Waals surface area contributed by atoms with E-state index >= 15 is 0 Å². The molecule has 1 N–H and O–H groups in total. The fourth-order valence-electron chi connectivity index (χ4n) is 7.34. The normalized spacial score (nSPS) is 30.9. The fraction of sp³-hybridized carbons (Fsp3) is 0.429. The number of carbonyl (C=O) groups is 2. The molecule has 4 fully saturated rings. The molecule has 4 aliphatic carbocycles. The molecular weight excluding hydrogens is 478 g/mol. The van der Waals surface area contributed by atoms with Crippen LogP contribution < -0.4 is 0 Å². The number of H-pyrrole nitrogens is 1. The average Bonchev–Trinajstić information content (AvgIpc) is 3.20. The number of halogens is 1. The second-order valence-corrected chi connectivity index (χ2v) is 12.4. The van der Waals surface area contributed by atoms with Gasteiger partial charge in [-0.15, -0.1) is 0 Å². The third-order valence-corrected chi connectivity index (χ3v) is 9.00. The summed E-state index contributed by atoms with van der Waals surface area (Å²) in [4.78, 5) is 30.2. The first kappa shape index (κ1) is 21.2. The van der Waals surface area contributed by atoms with Crippen LogP contribution in [0.4, 0.5) is 0 Å². The van der Waals surface area contributed by atoms with Crippen molar-refractivity contribution < 1.29 is 14.3 Å². The lowest BCUT2D eigenvalue weighted by atomic mass is 9.49. The van der Waals surface area contributed by atoms with Crippen molar-refractivity contribution in [2.45, 2.75) is 55.4 Å². The molecule has 7 rings (SSSR count). The molecule has 5 heteroatoms. The number of rotatable bonds is 6. The number of ketones is 1. The molecule has 170 valence electrons. The third kappa shape index (κ3) is 3.84. The van der Waals surface area contributed by atoms with E-state index < -0.39 is 6.10 Å². The van der Waals surface area contributed by atoms with Crippen LogP contribution in [0.5, 0.6) is 0 Å². The van der Waals surface area contributed by atoms with Crippen LogP contribution in [-0.4, -0.2) is 21.1 Å². The SMILES string of the molecule is O=C(CC12CC3CC(CC(Br)(C3)C1)C2)OC(C(=O)c1c[nH]c2ccccc12)c1ccccc1. The summed E-state index contributed by atoms with van der Waals surface area (Å²) >= 11 is 4.03. The minimum Gasteiger partial charge on any atom is -0.449 e. The van der Waals surface area contributed by atoms with E-state index in [0.717, 1.165) is 30.2 Å². The first-order valence-electron chi connectivity index (χ1n) is 12.0. The molecule has 1 heterocycles. The molecule has 2 aromatic carbocycles. The Morgan fingerprint density at radius 3 is 2.42 bits per heavy atom. The average molecular weight is 506 g/mol. The molecule has 3 unspecified atom stereocenters. The Morgan fingerprint density at radius 1 is 1.00 bits per heavy atom. The molecule has 0 amide bonds. The molecule has 3 atom stereocenters. The Bertz CT molecular complexity index is 1200. The van der Waals surface area contributed by atoms with Gasteiger partial charge >= 0.3 is 5.97 Å². The molecule has 0 aliphatic heterocycles. The molecule has 0 spiro atoms.